The summed E-state index contributed by atoms with van der Waals surface area (Å²) in [5.41, 5.74) is 3.47. The summed E-state index contributed by atoms with van der Waals surface area (Å²) < 4.78 is 5.74. The Morgan fingerprint density at radius 1 is 1.19 bits per heavy atom. The number of aromatic nitrogens is 1. The highest BCUT2D eigenvalue weighted by Crippen LogP contribution is 2.31. The van der Waals surface area contributed by atoms with Gasteiger partial charge >= 0.3 is 4.87 Å². The Morgan fingerprint density at radius 3 is 2.69 bits per heavy atom. The minimum Gasteiger partial charge on any atom is -0.506 e. The number of benzene rings is 2. The van der Waals surface area contributed by atoms with Crippen molar-refractivity contribution in [1.82, 2.24) is 15.6 Å². The summed E-state index contributed by atoms with van der Waals surface area (Å²) in [7, 11) is 1.70. The maximum Gasteiger partial charge on any atom is 0.305 e. The van der Waals surface area contributed by atoms with Crippen molar-refractivity contribution in [3.05, 3.63) is 62.8 Å². The van der Waals surface area contributed by atoms with E-state index in [0.717, 1.165) is 30.8 Å². The SMILES string of the molecule is COC[C@H](C)NCc1cccc(CCNC[C@H](O)c2ccc(O)c3[nH]c(=O)sc23)c1.Cl.Cl. The Labute approximate surface area is 204 Å². The number of H-pyrrole nitrogens is 1. The molecule has 178 valence electrons. The molecule has 2 aromatic carbocycles. The van der Waals surface area contributed by atoms with Crippen LogP contribution in [0.3, 0.4) is 0 Å². The number of aliphatic hydroxyl groups is 1. The van der Waals surface area contributed by atoms with Crippen molar-refractivity contribution in [3.8, 4) is 5.75 Å². The fraction of sp³-hybridized carbons (Fsp3) is 0.409. The molecule has 0 radical (unpaired) electrons. The van der Waals surface area contributed by atoms with E-state index in [1.54, 1.807) is 13.2 Å². The third-order valence-electron chi connectivity index (χ3n) is 4.94. The molecule has 0 spiro atoms. The van der Waals surface area contributed by atoms with Gasteiger partial charge in [-0.15, -0.1) is 24.8 Å². The molecule has 2 atom stereocenters. The minimum atomic E-state index is -0.766. The molecule has 0 fully saturated rings. The molecule has 0 amide bonds. The number of ether oxygens (including phenoxy) is 1. The number of phenols is 1. The van der Waals surface area contributed by atoms with Gasteiger partial charge in [0.15, 0.2) is 0 Å². The van der Waals surface area contributed by atoms with Crippen molar-refractivity contribution in [3.63, 3.8) is 0 Å². The zero-order chi connectivity index (χ0) is 21.5. The van der Waals surface area contributed by atoms with Crippen molar-refractivity contribution in [2.75, 3.05) is 26.8 Å². The van der Waals surface area contributed by atoms with Crippen LogP contribution in [0.4, 0.5) is 0 Å². The first-order chi connectivity index (χ1) is 14.5. The van der Waals surface area contributed by atoms with Crippen molar-refractivity contribution in [2.24, 2.45) is 0 Å². The molecule has 0 aliphatic rings. The molecular weight excluding hydrogens is 473 g/mol. The Hall–Kier alpha value is -1.65. The molecule has 5 N–H and O–H groups in total. The van der Waals surface area contributed by atoms with Gasteiger partial charge in [-0.2, -0.15) is 0 Å². The van der Waals surface area contributed by atoms with E-state index < -0.39 is 6.10 Å². The van der Waals surface area contributed by atoms with Gasteiger partial charge in [-0.3, -0.25) is 4.79 Å². The lowest BCUT2D eigenvalue weighted by Gasteiger charge is -2.14. The van der Waals surface area contributed by atoms with E-state index in [-0.39, 0.29) is 35.4 Å². The second-order valence-electron chi connectivity index (χ2n) is 7.42. The number of rotatable bonds is 11. The van der Waals surface area contributed by atoms with Crippen LogP contribution >= 0.6 is 36.2 Å². The van der Waals surface area contributed by atoms with Crippen LogP contribution in [0.1, 0.15) is 29.7 Å². The van der Waals surface area contributed by atoms with Crippen LogP contribution in [0, 0.1) is 0 Å². The van der Waals surface area contributed by atoms with Gasteiger partial charge < -0.3 is 30.6 Å². The third-order valence-corrected chi connectivity index (χ3v) is 5.87. The Morgan fingerprint density at radius 2 is 1.94 bits per heavy atom. The van der Waals surface area contributed by atoms with Gasteiger partial charge in [-0.05, 0) is 37.1 Å². The van der Waals surface area contributed by atoms with Crippen LogP contribution < -0.4 is 15.5 Å². The second-order valence-corrected chi connectivity index (χ2v) is 8.40. The topological polar surface area (TPSA) is 107 Å². The normalized spacial score (nSPS) is 12.7. The Kier molecular flexibility index (Phi) is 12.2. The first-order valence-electron chi connectivity index (χ1n) is 10.0. The van der Waals surface area contributed by atoms with Crippen LogP contribution in [0.25, 0.3) is 10.2 Å². The second kappa shape index (κ2) is 13.8. The van der Waals surface area contributed by atoms with Crippen LogP contribution in [0.5, 0.6) is 5.75 Å². The highest BCUT2D eigenvalue weighted by Gasteiger charge is 2.15. The molecule has 0 saturated heterocycles. The number of hydrogen-bond donors (Lipinski definition) is 5. The van der Waals surface area contributed by atoms with Gasteiger partial charge in [-0.1, -0.05) is 41.7 Å². The van der Waals surface area contributed by atoms with Gasteiger partial charge in [0, 0.05) is 31.8 Å². The molecule has 1 aromatic heterocycles. The number of halogens is 2. The third kappa shape index (κ3) is 7.74. The van der Waals surface area contributed by atoms with Crippen molar-refractivity contribution >= 4 is 46.4 Å². The van der Waals surface area contributed by atoms with Crippen LogP contribution in [-0.4, -0.2) is 48.0 Å². The summed E-state index contributed by atoms with van der Waals surface area (Å²) in [5.74, 6) is 0.0123. The summed E-state index contributed by atoms with van der Waals surface area (Å²) >= 11 is 0.996. The number of phenolic OH excluding ortho intramolecular Hbond substituents is 1. The highest BCUT2D eigenvalue weighted by atomic mass is 35.5. The number of aromatic amines is 1. The van der Waals surface area contributed by atoms with Crippen molar-refractivity contribution < 1.29 is 14.9 Å². The van der Waals surface area contributed by atoms with E-state index in [4.69, 9.17) is 4.74 Å². The summed E-state index contributed by atoms with van der Waals surface area (Å²) in [6, 6.07) is 11.9. The van der Waals surface area contributed by atoms with Crippen molar-refractivity contribution in [2.45, 2.75) is 32.0 Å². The van der Waals surface area contributed by atoms with Crippen LogP contribution in [0.15, 0.2) is 41.2 Å². The largest absolute Gasteiger partial charge is 0.506 e. The zero-order valence-electron chi connectivity index (χ0n) is 18.1. The number of aromatic hydroxyl groups is 1. The predicted octanol–water partition coefficient (Wildman–Crippen LogP) is 3.13. The fourth-order valence-electron chi connectivity index (χ4n) is 3.38. The van der Waals surface area contributed by atoms with E-state index in [2.05, 4.69) is 46.8 Å². The lowest BCUT2D eigenvalue weighted by molar-refractivity contribution is 0.171. The van der Waals surface area contributed by atoms with E-state index in [9.17, 15) is 15.0 Å². The molecule has 0 unspecified atom stereocenters. The van der Waals surface area contributed by atoms with Crippen LogP contribution in [0.2, 0.25) is 0 Å². The average molecular weight is 504 g/mol. The highest BCUT2D eigenvalue weighted by molar-refractivity contribution is 7.16. The number of thiazole rings is 1. The van der Waals surface area contributed by atoms with E-state index in [0.29, 0.717) is 35.0 Å². The Bertz CT molecular complexity index is 1030. The minimum absolute atomic E-state index is 0. The van der Waals surface area contributed by atoms with Gasteiger partial charge in [0.25, 0.3) is 0 Å². The van der Waals surface area contributed by atoms with Crippen LogP contribution in [-0.2, 0) is 17.7 Å². The summed E-state index contributed by atoms with van der Waals surface area (Å²) in [5, 5.41) is 27.1. The molecule has 0 aliphatic carbocycles. The smallest absolute Gasteiger partial charge is 0.305 e. The molecule has 3 rings (SSSR count). The molecule has 32 heavy (non-hydrogen) atoms. The molecule has 3 aromatic rings. The van der Waals surface area contributed by atoms with E-state index >= 15 is 0 Å². The molecule has 7 nitrogen and oxygen atoms in total. The van der Waals surface area contributed by atoms with Gasteiger partial charge in [0.2, 0.25) is 0 Å². The average Bonchev–Trinajstić information content (AvgIpc) is 3.12. The molecular formula is C22H31Cl2N3O4S. The first-order valence-corrected chi connectivity index (χ1v) is 10.8. The Balaban J connectivity index is 0.00000256. The number of nitrogens with one attached hydrogen (secondary N) is 3. The monoisotopic (exact) mass is 503 g/mol. The molecule has 0 saturated carbocycles. The summed E-state index contributed by atoms with van der Waals surface area (Å²) in [4.78, 5) is 14.0. The maximum atomic E-state index is 11.6. The van der Waals surface area contributed by atoms with E-state index in [1.807, 2.05) is 0 Å². The molecule has 0 aliphatic heterocycles. The summed E-state index contributed by atoms with van der Waals surface area (Å²) in [6.45, 7) is 4.65. The zero-order valence-corrected chi connectivity index (χ0v) is 20.5. The van der Waals surface area contributed by atoms with Gasteiger partial charge in [-0.25, -0.2) is 0 Å². The number of methoxy groups -OCH3 is 1. The summed E-state index contributed by atoms with van der Waals surface area (Å²) in [6.07, 6.45) is 0.0776. The molecule has 0 bridgehead atoms. The standard InChI is InChI=1S/C22H29N3O4S.2ClH/c1-14(13-29-2)24-11-16-5-3-4-15(10-16)8-9-23-12-19(27)17-6-7-18(26)20-21(17)30-22(28)25-20;;/h3-7,10,14,19,23-24,26-27H,8-9,11-13H2,1-2H3,(H,25,28);2*1H/t14-,19-;;/m0../s1. The number of hydrogen-bond acceptors (Lipinski definition) is 7. The number of fused-ring (bicyclic) bond motifs is 1. The molecule has 10 heteroatoms. The van der Waals surface area contributed by atoms with Gasteiger partial charge in [0.1, 0.15) is 11.3 Å². The lowest BCUT2D eigenvalue weighted by Crippen LogP contribution is -2.29. The van der Waals surface area contributed by atoms with E-state index in [1.165, 1.54) is 17.2 Å². The quantitative estimate of drug-likeness (QED) is 0.257. The number of aliphatic hydroxyl groups excluding tert-OH is 1. The first kappa shape index (κ1) is 28.4. The molecule has 1 heterocycles. The van der Waals surface area contributed by atoms with Crippen molar-refractivity contribution in [1.29, 1.82) is 0 Å². The fourth-order valence-corrected chi connectivity index (χ4v) is 4.30. The lowest BCUT2D eigenvalue weighted by atomic mass is 10.1. The maximum absolute atomic E-state index is 11.6. The van der Waals surface area contributed by atoms with Gasteiger partial charge in [0.05, 0.1) is 17.4 Å². The predicted molar refractivity (Wildman–Crippen MR) is 135 cm³/mol.